The minimum absolute atomic E-state index is 0.0173. The fraction of sp³-hybridized carbons (Fsp3) is 0.417. The Bertz CT molecular complexity index is 857. The van der Waals surface area contributed by atoms with Crippen LogP contribution in [-0.4, -0.2) is 25.5 Å². The van der Waals surface area contributed by atoms with E-state index in [1.165, 1.54) is 0 Å². The molecule has 0 radical (unpaired) electrons. The van der Waals surface area contributed by atoms with E-state index < -0.39 is 0 Å². The number of methoxy groups -OCH3 is 1. The third-order valence-corrected chi connectivity index (χ3v) is 5.68. The molecule has 1 aliphatic rings. The number of rotatable bonds is 6. The fourth-order valence-electron chi connectivity index (χ4n) is 4.03. The molecule has 154 valence electrons. The molecule has 0 heterocycles. The summed E-state index contributed by atoms with van der Waals surface area (Å²) in [7, 11) is 1.61. The molecular formula is C24H30N2O3. The minimum Gasteiger partial charge on any atom is -0.497 e. The molecule has 1 fully saturated rings. The van der Waals surface area contributed by atoms with Crippen molar-refractivity contribution in [3.63, 3.8) is 0 Å². The van der Waals surface area contributed by atoms with Gasteiger partial charge < -0.3 is 15.0 Å². The van der Waals surface area contributed by atoms with Gasteiger partial charge >= 0.3 is 0 Å². The largest absolute Gasteiger partial charge is 0.497 e. The quantitative estimate of drug-likeness (QED) is 0.765. The molecule has 0 spiro atoms. The maximum Gasteiger partial charge on any atom is 0.230 e. The van der Waals surface area contributed by atoms with Gasteiger partial charge in [-0.15, -0.1) is 0 Å². The van der Waals surface area contributed by atoms with Crippen LogP contribution in [-0.2, 0) is 9.59 Å². The van der Waals surface area contributed by atoms with Gasteiger partial charge in [-0.2, -0.15) is 0 Å². The zero-order chi connectivity index (χ0) is 20.8. The van der Waals surface area contributed by atoms with Gasteiger partial charge in [-0.3, -0.25) is 9.59 Å². The highest BCUT2D eigenvalue weighted by Gasteiger charge is 2.32. The Labute approximate surface area is 173 Å². The lowest BCUT2D eigenvalue weighted by Gasteiger charge is -2.31. The summed E-state index contributed by atoms with van der Waals surface area (Å²) in [6, 6.07) is 15.4. The molecular weight excluding hydrogens is 364 g/mol. The van der Waals surface area contributed by atoms with Crippen molar-refractivity contribution >= 4 is 23.2 Å². The molecule has 5 nitrogen and oxygen atoms in total. The standard InChI is InChI=1S/C24H30N2O3/c1-4-26(21-9-5-7-17(2)15-21)24(28)19-13-11-18(12-14-19)23(27)25-20-8-6-10-22(16-20)29-3/h5-10,15-16,18-19H,4,11-14H2,1-3H3,(H,25,27). The molecule has 0 atom stereocenters. The van der Waals surface area contributed by atoms with Gasteiger partial charge in [0.25, 0.3) is 0 Å². The first-order valence-corrected chi connectivity index (χ1v) is 10.3. The molecule has 1 saturated carbocycles. The summed E-state index contributed by atoms with van der Waals surface area (Å²) in [5.74, 6) is 0.837. The molecule has 5 heteroatoms. The number of carbonyl (C=O) groups is 2. The van der Waals surface area contributed by atoms with E-state index in [9.17, 15) is 9.59 Å². The Balaban J connectivity index is 1.57. The number of amides is 2. The number of carbonyl (C=O) groups excluding carboxylic acids is 2. The smallest absolute Gasteiger partial charge is 0.230 e. The van der Waals surface area contributed by atoms with Crippen LogP contribution < -0.4 is 15.0 Å². The SMILES string of the molecule is CCN(C(=O)C1CCC(C(=O)Nc2cccc(OC)c2)CC1)c1cccc(C)c1. The van der Waals surface area contributed by atoms with Gasteiger partial charge in [0.2, 0.25) is 11.8 Å². The Morgan fingerprint density at radius 3 is 2.38 bits per heavy atom. The zero-order valence-electron chi connectivity index (χ0n) is 17.5. The Kier molecular flexibility index (Phi) is 6.91. The van der Waals surface area contributed by atoms with E-state index in [1.807, 2.05) is 61.2 Å². The summed E-state index contributed by atoms with van der Waals surface area (Å²) in [6.45, 7) is 4.69. The second kappa shape index (κ2) is 9.59. The van der Waals surface area contributed by atoms with Gasteiger partial charge in [0.1, 0.15) is 5.75 Å². The predicted octanol–water partition coefficient (Wildman–Crippen LogP) is 4.80. The molecule has 0 saturated heterocycles. The summed E-state index contributed by atoms with van der Waals surface area (Å²) in [6.07, 6.45) is 2.96. The van der Waals surface area contributed by atoms with Crippen molar-refractivity contribution in [3.8, 4) is 5.75 Å². The van der Waals surface area contributed by atoms with Crippen LogP contribution in [0.5, 0.6) is 5.75 Å². The van der Waals surface area contributed by atoms with Crippen LogP contribution in [0, 0.1) is 18.8 Å². The highest BCUT2D eigenvalue weighted by atomic mass is 16.5. The molecule has 0 bridgehead atoms. The molecule has 0 aromatic heterocycles. The lowest BCUT2D eigenvalue weighted by molar-refractivity contribution is -0.126. The van der Waals surface area contributed by atoms with Gasteiger partial charge in [-0.25, -0.2) is 0 Å². The highest BCUT2D eigenvalue weighted by Crippen LogP contribution is 2.32. The maximum atomic E-state index is 13.1. The van der Waals surface area contributed by atoms with E-state index in [0.717, 1.165) is 42.6 Å². The van der Waals surface area contributed by atoms with Crippen molar-refractivity contribution < 1.29 is 14.3 Å². The molecule has 2 aromatic carbocycles. The third-order valence-electron chi connectivity index (χ3n) is 5.68. The summed E-state index contributed by atoms with van der Waals surface area (Å²) >= 11 is 0. The third kappa shape index (κ3) is 5.17. The summed E-state index contributed by atoms with van der Waals surface area (Å²) in [5.41, 5.74) is 2.84. The van der Waals surface area contributed by atoms with E-state index >= 15 is 0 Å². The van der Waals surface area contributed by atoms with Crippen molar-refractivity contribution in [2.45, 2.75) is 39.5 Å². The van der Waals surface area contributed by atoms with Gasteiger partial charge in [-0.05, 0) is 69.4 Å². The fourth-order valence-corrected chi connectivity index (χ4v) is 4.03. The molecule has 3 rings (SSSR count). The van der Waals surface area contributed by atoms with Crippen LogP contribution in [0.2, 0.25) is 0 Å². The van der Waals surface area contributed by atoms with Gasteiger partial charge in [0, 0.05) is 35.8 Å². The maximum absolute atomic E-state index is 13.1. The summed E-state index contributed by atoms with van der Waals surface area (Å²) in [4.78, 5) is 27.6. The van der Waals surface area contributed by atoms with Crippen molar-refractivity contribution in [1.29, 1.82) is 0 Å². The number of hydrogen-bond donors (Lipinski definition) is 1. The van der Waals surface area contributed by atoms with E-state index in [4.69, 9.17) is 4.74 Å². The second-order valence-corrected chi connectivity index (χ2v) is 7.69. The average molecular weight is 395 g/mol. The second-order valence-electron chi connectivity index (χ2n) is 7.69. The highest BCUT2D eigenvalue weighted by molar-refractivity contribution is 5.96. The number of aryl methyl sites for hydroxylation is 1. The Hall–Kier alpha value is -2.82. The van der Waals surface area contributed by atoms with Crippen molar-refractivity contribution in [2.75, 3.05) is 23.9 Å². The first-order valence-electron chi connectivity index (χ1n) is 10.3. The lowest BCUT2D eigenvalue weighted by atomic mass is 9.80. The van der Waals surface area contributed by atoms with E-state index in [1.54, 1.807) is 7.11 Å². The van der Waals surface area contributed by atoms with Gasteiger partial charge in [-0.1, -0.05) is 18.2 Å². The summed E-state index contributed by atoms with van der Waals surface area (Å²) in [5, 5.41) is 2.98. The molecule has 2 aromatic rings. The molecule has 1 aliphatic carbocycles. The first kappa shape index (κ1) is 20.9. The lowest BCUT2D eigenvalue weighted by Crippen LogP contribution is -2.39. The zero-order valence-corrected chi connectivity index (χ0v) is 17.5. The molecule has 0 aliphatic heterocycles. The van der Waals surface area contributed by atoms with E-state index in [2.05, 4.69) is 11.4 Å². The van der Waals surface area contributed by atoms with Gasteiger partial charge in [0.05, 0.1) is 7.11 Å². The van der Waals surface area contributed by atoms with Crippen LogP contribution in [0.4, 0.5) is 11.4 Å². The molecule has 0 unspecified atom stereocenters. The Morgan fingerprint density at radius 2 is 1.72 bits per heavy atom. The van der Waals surface area contributed by atoms with Crippen molar-refractivity contribution in [2.24, 2.45) is 11.8 Å². The average Bonchev–Trinajstić information content (AvgIpc) is 2.74. The molecule has 1 N–H and O–H groups in total. The number of benzene rings is 2. The monoisotopic (exact) mass is 394 g/mol. The summed E-state index contributed by atoms with van der Waals surface area (Å²) < 4.78 is 5.21. The van der Waals surface area contributed by atoms with E-state index in [0.29, 0.717) is 12.3 Å². The number of nitrogens with one attached hydrogen (secondary N) is 1. The van der Waals surface area contributed by atoms with Gasteiger partial charge in [0.15, 0.2) is 0 Å². The molecule has 29 heavy (non-hydrogen) atoms. The van der Waals surface area contributed by atoms with Crippen LogP contribution in [0.3, 0.4) is 0 Å². The van der Waals surface area contributed by atoms with Crippen LogP contribution in [0.25, 0.3) is 0 Å². The van der Waals surface area contributed by atoms with Crippen molar-refractivity contribution in [1.82, 2.24) is 0 Å². The van der Waals surface area contributed by atoms with Crippen LogP contribution >= 0.6 is 0 Å². The van der Waals surface area contributed by atoms with Crippen LogP contribution in [0.15, 0.2) is 48.5 Å². The topological polar surface area (TPSA) is 58.6 Å². The normalized spacial score (nSPS) is 18.7. The minimum atomic E-state index is -0.0562. The predicted molar refractivity (Wildman–Crippen MR) is 116 cm³/mol. The Morgan fingerprint density at radius 1 is 1.03 bits per heavy atom. The van der Waals surface area contributed by atoms with E-state index in [-0.39, 0.29) is 23.7 Å². The van der Waals surface area contributed by atoms with Crippen molar-refractivity contribution in [3.05, 3.63) is 54.1 Å². The number of anilines is 2. The number of nitrogens with zero attached hydrogens (tertiary/aromatic N) is 1. The van der Waals surface area contributed by atoms with Crippen LogP contribution in [0.1, 0.15) is 38.2 Å². The first-order chi connectivity index (χ1) is 14.0. The number of hydrogen-bond acceptors (Lipinski definition) is 3. The number of ether oxygens (including phenoxy) is 1. The molecule has 2 amide bonds.